The fourth-order valence-electron chi connectivity index (χ4n) is 0.825. The Bertz CT molecular complexity index is 327. The number of nitrogens with zero attached hydrogens (tertiary/aromatic N) is 1. The molecular weight excluding hydrogens is 190 g/mol. The van der Waals surface area contributed by atoms with E-state index in [9.17, 15) is 4.79 Å². The van der Waals surface area contributed by atoms with E-state index in [1.807, 2.05) is 6.92 Å². The number of urea groups is 1. The van der Waals surface area contributed by atoms with E-state index >= 15 is 0 Å². The van der Waals surface area contributed by atoms with E-state index in [1.54, 1.807) is 12.3 Å². The van der Waals surface area contributed by atoms with Crippen LogP contribution in [0.1, 0.15) is 5.56 Å². The molecule has 0 saturated carbocycles. The van der Waals surface area contributed by atoms with Crippen LogP contribution in [0.5, 0.6) is 0 Å². The van der Waals surface area contributed by atoms with Crippen molar-refractivity contribution in [1.82, 2.24) is 10.3 Å². The monoisotopic (exact) mass is 199 g/mol. The van der Waals surface area contributed by atoms with Crippen molar-refractivity contribution in [1.29, 1.82) is 0 Å². The lowest BCUT2D eigenvalue weighted by atomic mass is 10.3. The molecule has 2 N–H and O–H groups in total. The van der Waals surface area contributed by atoms with Gasteiger partial charge in [0.15, 0.2) is 5.15 Å². The molecule has 0 spiro atoms. The van der Waals surface area contributed by atoms with Crippen molar-refractivity contribution in [2.75, 3.05) is 12.4 Å². The van der Waals surface area contributed by atoms with Gasteiger partial charge in [-0.1, -0.05) is 11.6 Å². The number of carbonyl (C=O) groups is 1. The van der Waals surface area contributed by atoms with Crippen molar-refractivity contribution in [2.45, 2.75) is 6.92 Å². The summed E-state index contributed by atoms with van der Waals surface area (Å²) in [6, 6.07) is 1.44. The zero-order valence-electron chi connectivity index (χ0n) is 7.39. The van der Waals surface area contributed by atoms with E-state index in [2.05, 4.69) is 15.6 Å². The van der Waals surface area contributed by atoms with E-state index in [1.165, 1.54) is 7.05 Å². The van der Waals surface area contributed by atoms with Gasteiger partial charge in [-0.3, -0.25) is 0 Å². The Hall–Kier alpha value is -1.29. The third-order valence-corrected chi connectivity index (χ3v) is 1.75. The van der Waals surface area contributed by atoms with Crippen LogP contribution in [0.25, 0.3) is 0 Å². The first-order chi connectivity index (χ1) is 6.13. The topological polar surface area (TPSA) is 54.0 Å². The standard InChI is InChI=1S/C8H10ClN3O/c1-5-3-6(7(9)11-4-5)12-8(13)10-2/h3-4H,1-2H3,(H2,10,12,13). The summed E-state index contributed by atoms with van der Waals surface area (Å²) in [7, 11) is 1.53. The van der Waals surface area contributed by atoms with Crippen LogP contribution < -0.4 is 10.6 Å². The molecule has 1 rings (SSSR count). The van der Waals surface area contributed by atoms with Crippen molar-refractivity contribution in [3.8, 4) is 0 Å². The lowest BCUT2D eigenvalue weighted by molar-refractivity contribution is 0.254. The van der Waals surface area contributed by atoms with Gasteiger partial charge in [0, 0.05) is 13.2 Å². The summed E-state index contributed by atoms with van der Waals surface area (Å²) in [5, 5.41) is 5.27. The van der Waals surface area contributed by atoms with Crippen LogP contribution in [0.3, 0.4) is 0 Å². The number of carbonyl (C=O) groups excluding carboxylic acids is 1. The zero-order chi connectivity index (χ0) is 9.84. The first kappa shape index (κ1) is 9.80. The molecule has 70 valence electrons. The molecule has 4 nitrogen and oxygen atoms in total. The normalized spacial score (nSPS) is 9.46. The Morgan fingerprint density at radius 2 is 2.31 bits per heavy atom. The molecule has 0 unspecified atom stereocenters. The number of pyridine rings is 1. The van der Waals surface area contributed by atoms with Gasteiger partial charge in [-0.15, -0.1) is 0 Å². The van der Waals surface area contributed by atoms with Gasteiger partial charge >= 0.3 is 6.03 Å². The van der Waals surface area contributed by atoms with E-state index in [-0.39, 0.29) is 11.2 Å². The molecule has 0 bridgehead atoms. The maximum atomic E-state index is 10.9. The van der Waals surface area contributed by atoms with Crippen LogP contribution in [0.2, 0.25) is 5.15 Å². The van der Waals surface area contributed by atoms with Crippen molar-refractivity contribution >= 4 is 23.3 Å². The van der Waals surface area contributed by atoms with Crippen molar-refractivity contribution in [2.24, 2.45) is 0 Å². The molecule has 2 amide bonds. The van der Waals surface area contributed by atoms with Gasteiger partial charge in [0.2, 0.25) is 0 Å². The molecule has 1 heterocycles. The molecule has 13 heavy (non-hydrogen) atoms. The number of halogens is 1. The number of rotatable bonds is 1. The fourth-order valence-corrected chi connectivity index (χ4v) is 0.976. The number of hydrogen-bond acceptors (Lipinski definition) is 2. The highest BCUT2D eigenvalue weighted by Crippen LogP contribution is 2.19. The van der Waals surface area contributed by atoms with Gasteiger partial charge < -0.3 is 10.6 Å². The van der Waals surface area contributed by atoms with Crippen molar-refractivity contribution in [3.05, 3.63) is 23.0 Å². The van der Waals surface area contributed by atoms with Crippen molar-refractivity contribution < 1.29 is 4.79 Å². The SMILES string of the molecule is CNC(=O)Nc1cc(C)cnc1Cl. The number of amides is 2. The van der Waals surface area contributed by atoms with Crippen LogP contribution in [0.15, 0.2) is 12.3 Å². The molecule has 0 aliphatic rings. The highest BCUT2D eigenvalue weighted by molar-refractivity contribution is 6.32. The van der Waals surface area contributed by atoms with E-state index < -0.39 is 0 Å². The Morgan fingerprint density at radius 3 is 2.92 bits per heavy atom. The van der Waals surface area contributed by atoms with Crippen LogP contribution in [-0.4, -0.2) is 18.1 Å². The van der Waals surface area contributed by atoms with Gasteiger partial charge in [-0.2, -0.15) is 0 Å². The van der Waals surface area contributed by atoms with Gasteiger partial charge in [-0.05, 0) is 18.6 Å². The average Bonchev–Trinajstić information content (AvgIpc) is 2.11. The molecule has 0 aliphatic carbocycles. The zero-order valence-corrected chi connectivity index (χ0v) is 8.14. The summed E-state index contributed by atoms with van der Waals surface area (Å²) in [6.45, 7) is 1.87. The molecule has 1 aromatic rings. The van der Waals surface area contributed by atoms with Gasteiger partial charge in [0.25, 0.3) is 0 Å². The van der Waals surface area contributed by atoms with E-state index in [0.717, 1.165) is 5.56 Å². The molecule has 1 aromatic heterocycles. The lowest BCUT2D eigenvalue weighted by Gasteiger charge is -2.05. The maximum Gasteiger partial charge on any atom is 0.319 e. The minimum absolute atomic E-state index is 0.286. The molecule has 0 fully saturated rings. The number of anilines is 1. The van der Waals surface area contributed by atoms with Crippen LogP contribution >= 0.6 is 11.6 Å². The third-order valence-electron chi connectivity index (χ3n) is 1.45. The third kappa shape index (κ3) is 2.59. The van der Waals surface area contributed by atoms with Crippen LogP contribution in [0.4, 0.5) is 10.5 Å². The van der Waals surface area contributed by atoms with Crippen molar-refractivity contribution in [3.63, 3.8) is 0 Å². The Kier molecular flexibility index (Phi) is 3.08. The van der Waals surface area contributed by atoms with Crippen LogP contribution in [-0.2, 0) is 0 Å². The summed E-state index contributed by atoms with van der Waals surface area (Å²) < 4.78 is 0. The molecule has 0 aliphatic heterocycles. The second-order valence-electron chi connectivity index (χ2n) is 2.56. The van der Waals surface area contributed by atoms with E-state index in [4.69, 9.17) is 11.6 Å². The fraction of sp³-hybridized carbons (Fsp3) is 0.250. The minimum atomic E-state index is -0.311. The minimum Gasteiger partial charge on any atom is -0.341 e. The number of nitrogens with one attached hydrogen (secondary N) is 2. The predicted molar refractivity (Wildman–Crippen MR) is 52.1 cm³/mol. The lowest BCUT2D eigenvalue weighted by Crippen LogP contribution is -2.24. The summed E-state index contributed by atoms with van der Waals surface area (Å²) in [5.74, 6) is 0. The summed E-state index contributed by atoms with van der Waals surface area (Å²) >= 11 is 5.74. The largest absolute Gasteiger partial charge is 0.341 e. The highest BCUT2D eigenvalue weighted by Gasteiger charge is 2.04. The summed E-state index contributed by atoms with van der Waals surface area (Å²) in [6.07, 6.45) is 1.64. The van der Waals surface area contributed by atoms with Gasteiger partial charge in [0.1, 0.15) is 0 Å². The van der Waals surface area contributed by atoms with Gasteiger partial charge in [-0.25, -0.2) is 9.78 Å². The first-order valence-electron chi connectivity index (χ1n) is 3.74. The molecular formula is C8H10ClN3O. The highest BCUT2D eigenvalue weighted by atomic mass is 35.5. The number of hydrogen-bond donors (Lipinski definition) is 2. The first-order valence-corrected chi connectivity index (χ1v) is 4.12. The Morgan fingerprint density at radius 1 is 1.62 bits per heavy atom. The van der Waals surface area contributed by atoms with Crippen LogP contribution in [0, 0.1) is 6.92 Å². The summed E-state index contributed by atoms with van der Waals surface area (Å²) in [5.41, 5.74) is 1.46. The Balaban J connectivity index is 2.87. The van der Waals surface area contributed by atoms with E-state index in [0.29, 0.717) is 5.69 Å². The molecule has 5 heteroatoms. The maximum absolute atomic E-state index is 10.9. The average molecular weight is 200 g/mol. The number of aromatic nitrogens is 1. The molecule has 0 aromatic carbocycles. The van der Waals surface area contributed by atoms with Gasteiger partial charge in [0.05, 0.1) is 5.69 Å². The summed E-state index contributed by atoms with van der Waals surface area (Å²) in [4.78, 5) is 14.8. The Labute approximate surface area is 81.3 Å². The quantitative estimate of drug-likeness (QED) is 0.678. The second-order valence-corrected chi connectivity index (χ2v) is 2.91. The molecule has 0 atom stereocenters. The second kappa shape index (κ2) is 4.09. The smallest absolute Gasteiger partial charge is 0.319 e. The number of aryl methyl sites for hydroxylation is 1. The molecule has 0 radical (unpaired) electrons. The molecule has 0 saturated heterocycles. The predicted octanol–water partition coefficient (Wildman–Crippen LogP) is 1.79.